The number of carbonyl (C=O) groups is 1. The van der Waals surface area contributed by atoms with Gasteiger partial charge in [0.25, 0.3) is 0 Å². The Kier molecular flexibility index (Phi) is 6.25. The Morgan fingerprint density at radius 3 is 2.81 bits per heavy atom. The van der Waals surface area contributed by atoms with Crippen molar-refractivity contribution in [2.75, 3.05) is 17.7 Å². The summed E-state index contributed by atoms with van der Waals surface area (Å²) in [6, 6.07) is 13.3. The van der Waals surface area contributed by atoms with Crippen molar-refractivity contribution in [3.63, 3.8) is 0 Å². The van der Waals surface area contributed by atoms with Crippen LogP contribution in [0.5, 0.6) is 5.75 Å². The first-order chi connectivity index (χ1) is 13.0. The molecule has 1 aromatic heterocycles. The molecule has 0 aliphatic rings. The molecule has 1 atom stereocenters. The van der Waals surface area contributed by atoms with E-state index in [-0.39, 0.29) is 17.0 Å². The summed E-state index contributed by atoms with van der Waals surface area (Å²) in [5.74, 6) is 0.0978. The smallest absolute Gasteiger partial charge is 0.237 e. The fraction of sp³-hybridized carbons (Fsp3) is 0.167. The average Bonchev–Trinajstić information content (AvgIpc) is 3.09. The number of nitrogens with zero attached hydrogens (tertiary/aromatic N) is 2. The third-order valence-electron chi connectivity index (χ3n) is 3.49. The van der Waals surface area contributed by atoms with Crippen LogP contribution in [-0.2, 0) is 4.79 Å². The number of amides is 1. The lowest BCUT2D eigenvalue weighted by atomic mass is 10.3. The number of halogens is 1. The molecule has 0 saturated carbocycles. The molecule has 27 heavy (non-hydrogen) atoms. The summed E-state index contributed by atoms with van der Waals surface area (Å²) in [5.41, 5.74) is 1.20. The van der Waals surface area contributed by atoms with E-state index in [0.717, 1.165) is 0 Å². The maximum Gasteiger partial charge on any atom is 0.237 e. The molecule has 3 aromatic rings. The highest BCUT2D eigenvalue weighted by atomic mass is 32.2. The lowest BCUT2D eigenvalue weighted by molar-refractivity contribution is -0.115. The number of hydrogen-bond acceptors (Lipinski definition) is 7. The van der Waals surface area contributed by atoms with E-state index < -0.39 is 0 Å². The number of nitrogens with one attached hydrogen (secondary N) is 2. The molecule has 2 N–H and O–H groups in total. The maximum absolute atomic E-state index is 13.2. The van der Waals surface area contributed by atoms with E-state index in [4.69, 9.17) is 4.74 Å². The van der Waals surface area contributed by atoms with E-state index in [0.29, 0.717) is 26.6 Å². The van der Waals surface area contributed by atoms with Crippen LogP contribution < -0.4 is 15.4 Å². The fourth-order valence-corrected chi connectivity index (χ4v) is 4.10. The average molecular weight is 404 g/mol. The summed E-state index contributed by atoms with van der Waals surface area (Å²) in [5, 5.41) is 14.1. The second kappa shape index (κ2) is 8.83. The zero-order chi connectivity index (χ0) is 19.2. The summed E-state index contributed by atoms with van der Waals surface area (Å²) >= 11 is 2.59. The molecule has 0 radical (unpaired) electrons. The molecule has 0 aliphatic heterocycles. The number of methoxy groups -OCH3 is 1. The zero-order valence-electron chi connectivity index (χ0n) is 14.6. The Balaban J connectivity index is 1.60. The Labute approximate surface area is 164 Å². The van der Waals surface area contributed by atoms with Crippen molar-refractivity contribution in [3.8, 4) is 5.75 Å². The minimum absolute atomic E-state index is 0.167. The molecular weight excluding hydrogens is 387 g/mol. The van der Waals surface area contributed by atoms with Crippen molar-refractivity contribution >= 4 is 45.5 Å². The van der Waals surface area contributed by atoms with Gasteiger partial charge in [-0.3, -0.25) is 4.79 Å². The van der Waals surface area contributed by atoms with Gasteiger partial charge in [-0.25, -0.2) is 4.39 Å². The summed E-state index contributed by atoms with van der Waals surface area (Å²) in [4.78, 5) is 12.4. The summed E-state index contributed by atoms with van der Waals surface area (Å²) in [7, 11) is 1.55. The molecule has 0 saturated heterocycles. The van der Waals surface area contributed by atoms with Crippen molar-refractivity contribution in [2.45, 2.75) is 16.5 Å². The predicted octanol–water partition coefficient (Wildman–Crippen LogP) is 4.55. The molecule has 0 aliphatic carbocycles. The first-order valence-corrected chi connectivity index (χ1v) is 9.71. The molecule has 2 aromatic carbocycles. The number of carbonyl (C=O) groups excluding carboxylic acids is 1. The number of rotatable bonds is 7. The minimum Gasteiger partial charge on any atom is -0.495 e. The SMILES string of the molecule is COc1ccccc1NC(=O)[C@H](C)Sc1nnc(Nc2cccc(F)c2)s1. The van der Waals surface area contributed by atoms with Gasteiger partial charge in [-0.2, -0.15) is 0 Å². The predicted molar refractivity (Wildman–Crippen MR) is 107 cm³/mol. The molecule has 0 unspecified atom stereocenters. The largest absolute Gasteiger partial charge is 0.495 e. The van der Waals surface area contributed by atoms with Crippen molar-refractivity contribution in [2.24, 2.45) is 0 Å². The molecular formula is C18H17FN4O2S2. The molecule has 0 fully saturated rings. The highest BCUT2D eigenvalue weighted by Crippen LogP contribution is 2.31. The van der Waals surface area contributed by atoms with E-state index >= 15 is 0 Å². The van der Waals surface area contributed by atoms with Crippen molar-refractivity contribution < 1.29 is 13.9 Å². The van der Waals surface area contributed by atoms with Crippen LogP contribution in [0, 0.1) is 5.82 Å². The summed E-state index contributed by atoms with van der Waals surface area (Å²) < 4.78 is 19.1. The van der Waals surface area contributed by atoms with E-state index in [2.05, 4.69) is 20.8 Å². The van der Waals surface area contributed by atoms with E-state index in [9.17, 15) is 9.18 Å². The van der Waals surface area contributed by atoms with Gasteiger partial charge in [0.2, 0.25) is 11.0 Å². The highest BCUT2D eigenvalue weighted by molar-refractivity contribution is 8.02. The molecule has 0 bridgehead atoms. The lowest BCUT2D eigenvalue weighted by Crippen LogP contribution is -2.22. The second-order valence-corrected chi connectivity index (χ2v) is 8.02. The second-order valence-electron chi connectivity index (χ2n) is 5.46. The number of thioether (sulfide) groups is 1. The van der Waals surface area contributed by atoms with E-state index in [1.807, 2.05) is 12.1 Å². The first-order valence-electron chi connectivity index (χ1n) is 8.02. The van der Waals surface area contributed by atoms with Gasteiger partial charge in [0.1, 0.15) is 11.6 Å². The molecule has 6 nitrogen and oxygen atoms in total. The van der Waals surface area contributed by atoms with E-state index in [1.165, 1.54) is 35.2 Å². The van der Waals surface area contributed by atoms with Gasteiger partial charge in [-0.15, -0.1) is 10.2 Å². The van der Waals surface area contributed by atoms with Crippen molar-refractivity contribution in [3.05, 3.63) is 54.3 Å². The third kappa shape index (κ3) is 5.18. The Morgan fingerprint density at radius 2 is 2.04 bits per heavy atom. The normalized spacial score (nSPS) is 11.7. The Morgan fingerprint density at radius 1 is 1.22 bits per heavy atom. The monoisotopic (exact) mass is 404 g/mol. The summed E-state index contributed by atoms with van der Waals surface area (Å²) in [6.45, 7) is 1.79. The van der Waals surface area contributed by atoms with Gasteiger partial charge >= 0.3 is 0 Å². The highest BCUT2D eigenvalue weighted by Gasteiger charge is 2.18. The van der Waals surface area contributed by atoms with Gasteiger partial charge in [0, 0.05) is 5.69 Å². The van der Waals surface area contributed by atoms with Crippen molar-refractivity contribution in [1.82, 2.24) is 10.2 Å². The standard InChI is InChI=1S/C18H17FN4O2S2/c1-11(16(24)21-14-8-3-4-9-15(14)25-2)26-18-23-22-17(27-18)20-13-7-5-6-12(19)10-13/h3-11H,1-2H3,(H,20,22)(H,21,24)/t11-/m0/s1. The molecule has 3 rings (SSSR count). The maximum atomic E-state index is 13.2. The van der Waals surface area contributed by atoms with Crippen molar-refractivity contribution in [1.29, 1.82) is 0 Å². The lowest BCUT2D eigenvalue weighted by Gasteiger charge is -2.12. The summed E-state index contributed by atoms with van der Waals surface area (Å²) in [6.07, 6.45) is 0. The van der Waals surface area contributed by atoms with Crippen LogP contribution in [0.3, 0.4) is 0 Å². The number of anilines is 3. The van der Waals surface area contributed by atoms with Crippen LogP contribution in [0.4, 0.5) is 20.9 Å². The van der Waals surface area contributed by atoms with Crippen LogP contribution in [0.1, 0.15) is 6.92 Å². The molecule has 1 heterocycles. The van der Waals surface area contributed by atoms with Crippen LogP contribution >= 0.6 is 23.1 Å². The number of benzene rings is 2. The fourth-order valence-electron chi connectivity index (χ4n) is 2.18. The number of ether oxygens (including phenoxy) is 1. The van der Waals surface area contributed by atoms with Crippen LogP contribution in [0.2, 0.25) is 0 Å². The molecule has 0 spiro atoms. The molecule has 1 amide bonds. The Hall–Kier alpha value is -2.65. The van der Waals surface area contributed by atoms with Gasteiger partial charge < -0.3 is 15.4 Å². The Bertz CT molecular complexity index is 935. The molecule has 140 valence electrons. The van der Waals surface area contributed by atoms with Crippen LogP contribution in [-0.4, -0.2) is 28.5 Å². The van der Waals surface area contributed by atoms with Gasteiger partial charge in [-0.05, 0) is 37.3 Å². The topological polar surface area (TPSA) is 76.1 Å². The molecule has 9 heteroatoms. The van der Waals surface area contributed by atoms with Gasteiger partial charge in [0.15, 0.2) is 4.34 Å². The minimum atomic E-state index is -0.384. The first kappa shape index (κ1) is 19.1. The van der Waals surface area contributed by atoms with Crippen LogP contribution in [0.25, 0.3) is 0 Å². The third-order valence-corrected chi connectivity index (χ3v) is 5.52. The zero-order valence-corrected chi connectivity index (χ0v) is 16.2. The number of aromatic nitrogens is 2. The van der Waals surface area contributed by atoms with Gasteiger partial charge in [-0.1, -0.05) is 41.3 Å². The van der Waals surface area contributed by atoms with Crippen LogP contribution in [0.15, 0.2) is 52.9 Å². The van der Waals surface area contributed by atoms with E-state index in [1.54, 1.807) is 38.3 Å². The number of para-hydroxylation sites is 2. The quantitative estimate of drug-likeness (QED) is 0.563. The number of hydrogen-bond donors (Lipinski definition) is 2. The van der Waals surface area contributed by atoms with Gasteiger partial charge in [0.05, 0.1) is 18.0 Å².